The van der Waals surface area contributed by atoms with Crippen molar-refractivity contribution >= 4 is 40.8 Å². The monoisotopic (exact) mass is 405 g/mol. The van der Waals surface area contributed by atoms with Crippen molar-refractivity contribution in [1.29, 1.82) is 5.41 Å². The number of anilines is 2. The lowest BCUT2D eigenvalue weighted by molar-refractivity contribution is -0.111. The van der Waals surface area contributed by atoms with Crippen molar-refractivity contribution in [3.8, 4) is 5.75 Å². The standard InChI is InChI=1S/C23H20ClN3O2/c1-29-20-12-10-18(11-13-20)27-23(25)17-6-4-7-19(15-17)26-22(28)14-9-16-5-2-3-8-21(16)24/h2-15H,1H3,(H2,25,27)(H,26,28)/b14-9+. The van der Waals surface area contributed by atoms with Crippen LogP contribution in [0.2, 0.25) is 5.02 Å². The minimum atomic E-state index is -0.281. The molecule has 0 atom stereocenters. The van der Waals surface area contributed by atoms with E-state index in [2.05, 4.69) is 10.6 Å². The molecule has 0 radical (unpaired) electrons. The topological polar surface area (TPSA) is 74.2 Å². The molecule has 146 valence electrons. The molecule has 0 heterocycles. The number of amides is 1. The first-order valence-corrected chi connectivity index (χ1v) is 9.26. The van der Waals surface area contributed by atoms with Gasteiger partial charge in [-0.05, 0) is 54.1 Å². The summed E-state index contributed by atoms with van der Waals surface area (Å²) in [6, 6.07) is 21.7. The summed E-state index contributed by atoms with van der Waals surface area (Å²) in [7, 11) is 1.61. The Hall–Kier alpha value is -3.57. The molecule has 0 aliphatic carbocycles. The van der Waals surface area contributed by atoms with Crippen LogP contribution >= 0.6 is 11.6 Å². The summed E-state index contributed by atoms with van der Waals surface area (Å²) in [6.07, 6.45) is 3.09. The Labute approximate surface area is 174 Å². The second kappa shape index (κ2) is 9.57. The summed E-state index contributed by atoms with van der Waals surface area (Å²) in [5.41, 5.74) is 2.78. The van der Waals surface area contributed by atoms with Crippen LogP contribution in [0.15, 0.2) is 78.9 Å². The fourth-order valence-electron chi connectivity index (χ4n) is 2.60. The molecule has 3 N–H and O–H groups in total. The van der Waals surface area contributed by atoms with Gasteiger partial charge in [0.2, 0.25) is 5.91 Å². The lowest BCUT2D eigenvalue weighted by Gasteiger charge is -2.10. The van der Waals surface area contributed by atoms with Gasteiger partial charge in [0.05, 0.1) is 7.11 Å². The summed E-state index contributed by atoms with van der Waals surface area (Å²) in [6.45, 7) is 0. The Bertz CT molecular complexity index is 1050. The second-order valence-electron chi connectivity index (χ2n) is 6.15. The van der Waals surface area contributed by atoms with E-state index in [4.69, 9.17) is 21.7 Å². The number of rotatable bonds is 6. The number of nitrogens with one attached hydrogen (secondary N) is 3. The fraction of sp³-hybridized carbons (Fsp3) is 0.0435. The molecule has 5 nitrogen and oxygen atoms in total. The highest BCUT2D eigenvalue weighted by molar-refractivity contribution is 6.32. The molecular formula is C23H20ClN3O2. The molecule has 1 amide bonds. The van der Waals surface area contributed by atoms with E-state index in [0.717, 1.165) is 17.0 Å². The average molecular weight is 406 g/mol. The Morgan fingerprint density at radius 1 is 0.966 bits per heavy atom. The minimum absolute atomic E-state index is 0.220. The first-order chi connectivity index (χ1) is 14.0. The van der Waals surface area contributed by atoms with E-state index in [1.165, 1.54) is 6.08 Å². The maximum Gasteiger partial charge on any atom is 0.248 e. The third-order valence-corrected chi connectivity index (χ3v) is 4.44. The first kappa shape index (κ1) is 20.2. The summed E-state index contributed by atoms with van der Waals surface area (Å²) in [5, 5.41) is 14.7. The lowest BCUT2D eigenvalue weighted by atomic mass is 10.1. The quantitative estimate of drug-likeness (QED) is 0.290. The highest BCUT2D eigenvalue weighted by atomic mass is 35.5. The van der Waals surface area contributed by atoms with E-state index in [-0.39, 0.29) is 11.7 Å². The average Bonchev–Trinajstić information content (AvgIpc) is 2.74. The Morgan fingerprint density at radius 3 is 2.45 bits per heavy atom. The molecule has 0 fully saturated rings. The summed E-state index contributed by atoms with van der Waals surface area (Å²) in [5.74, 6) is 0.686. The van der Waals surface area contributed by atoms with E-state index in [0.29, 0.717) is 16.3 Å². The van der Waals surface area contributed by atoms with Crippen LogP contribution in [0.3, 0.4) is 0 Å². The molecule has 0 saturated carbocycles. The molecule has 3 aromatic carbocycles. The molecule has 3 rings (SSSR count). The van der Waals surface area contributed by atoms with Gasteiger partial charge in [0.15, 0.2) is 0 Å². The maximum absolute atomic E-state index is 12.2. The van der Waals surface area contributed by atoms with Gasteiger partial charge in [0.25, 0.3) is 0 Å². The summed E-state index contributed by atoms with van der Waals surface area (Å²) < 4.78 is 5.13. The maximum atomic E-state index is 12.2. The Morgan fingerprint density at radius 2 is 1.72 bits per heavy atom. The van der Waals surface area contributed by atoms with E-state index in [1.807, 2.05) is 42.5 Å². The van der Waals surface area contributed by atoms with Crippen molar-refractivity contribution in [2.75, 3.05) is 17.7 Å². The molecule has 0 aromatic heterocycles. The fourth-order valence-corrected chi connectivity index (χ4v) is 2.80. The normalized spacial score (nSPS) is 10.6. The Kier molecular flexibility index (Phi) is 6.66. The van der Waals surface area contributed by atoms with Crippen LogP contribution in [0, 0.1) is 5.41 Å². The SMILES string of the molecule is COc1ccc(NC(=N)c2cccc(NC(=O)/C=C/c3ccccc3Cl)c2)cc1. The van der Waals surface area contributed by atoms with Crippen molar-refractivity contribution < 1.29 is 9.53 Å². The molecule has 3 aromatic rings. The molecule has 0 spiro atoms. The number of carbonyl (C=O) groups excluding carboxylic acids is 1. The highest BCUT2D eigenvalue weighted by Crippen LogP contribution is 2.18. The molecule has 0 aliphatic rings. The summed E-state index contributed by atoms with van der Waals surface area (Å²) >= 11 is 6.09. The van der Waals surface area contributed by atoms with Gasteiger partial charge in [-0.3, -0.25) is 10.2 Å². The number of carbonyl (C=O) groups is 1. The number of amidine groups is 1. The van der Waals surface area contributed by atoms with Crippen molar-refractivity contribution in [3.05, 3.63) is 95.0 Å². The molecule has 0 saturated heterocycles. The second-order valence-corrected chi connectivity index (χ2v) is 6.56. The van der Waals surface area contributed by atoms with Gasteiger partial charge in [0, 0.05) is 28.0 Å². The van der Waals surface area contributed by atoms with Crippen LogP contribution in [0.1, 0.15) is 11.1 Å². The van der Waals surface area contributed by atoms with Gasteiger partial charge < -0.3 is 15.4 Å². The van der Waals surface area contributed by atoms with Crippen molar-refractivity contribution in [2.24, 2.45) is 0 Å². The van der Waals surface area contributed by atoms with Gasteiger partial charge >= 0.3 is 0 Å². The zero-order valence-corrected chi connectivity index (χ0v) is 16.5. The number of ether oxygens (including phenoxy) is 1. The summed E-state index contributed by atoms with van der Waals surface area (Å²) in [4.78, 5) is 12.2. The van der Waals surface area contributed by atoms with Crippen molar-refractivity contribution in [2.45, 2.75) is 0 Å². The first-order valence-electron chi connectivity index (χ1n) is 8.89. The van der Waals surface area contributed by atoms with E-state index < -0.39 is 0 Å². The minimum Gasteiger partial charge on any atom is -0.497 e. The van der Waals surface area contributed by atoms with E-state index >= 15 is 0 Å². The van der Waals surface area contributed by atoms with Crippen LogP contribution in [-0.4, -0.2) is 18.9 Å². The molecule has 6 heteroatoms. The molecule has 0 bridgehead atoms. The van der Waals surface area contributed by atoms with Gasteiger partial charge in [-0.15, -0.1) is 0 Å². The van der Waals surface area contributed by atoms with E-state index in [1.54, 1.807) is 43.5 Å². The third-order valence-electron chi connectivity index (χ3n) is 4.10. The van der Waals surface area contributed by atoms with Crippen molar-refractivity contribution in [3.63, 3.8) is 0 Å². The smallest absolute Gasteiger partial charge is 0.248 e. The van der Waals surface area contributed by atoms with Gasteiger partial charge in [-0.2, -0.15) is 0 Å². The molecule has 0 unspecified atom stereocenters. The number of benzene rings is 3. The van der Waals surface area contributed by atoms with Gasteiger partial charge in [-0.25, -0.2) is 0 Å². The van der Waals surface area contributed by atoms with Gasteiger partial charge in [0.1, 0.15) is 11.6 Å². The highest BCUT2D eigenvalue weighted by Gasteiger charge is 2.05. The third kappa shape index (κ3) is 5.70. The number of methoxy groups -OCH3 is 1. The predicted octanol–water partition coefficient (Wildman–Crippen LogP) is 5.44. The number of halogens is 1. The van der Waals surface area contributed by atoms with Crippen LogP contribution < -0.4 is 15.4 Å². The predicted molar refractivity (Wildman–Crippen MR) is 119 cm³/mol. The van der Waals surface area contributed by atoms with Crippen LogP contribution in [0.4, 0.5) is 11.4 Å². The Balaban J connectivity index is 1.64. The molecular weight excluding hydrogens is 386 g/mol. The van der Waals surface area contributed by atoms with E-state index in [9.17, 15) is 4.79 Å². The molecule has 29 heavy (non-hydrogen) atoms. The number of hydrogen-bond donors (Lipinski definition) is 3. The lowest BCUT2D eigenvalue weighted by Crippen LogP contribution is -2.13. The van der Waals surface area contributed by atoms with Crippen molar-refractivity contribution in [1.82, 2.24) is 0 Å². The van der Waals surface area contributed by atoms with Crippen LogP contribution in [0.5, 0.6) is 5.75 Å². The van der Waals surface area contributed by atoms with Gasteiger partial charge in [-0.1, -0.05) is 41.9 Å². The number of hydrogen-bond acceptors (Lipinski definition) is 3. The van der Waals surface area contributed by atoms with Crippen LogP contribution in [0.25, 0.3) is 6.08 Å². The van der Waals surface area contributed by atoms with Crippen LogP contribution in [-0.2, 0) is 4.79 Å². The zero-order chi connectivity index (χ0) is 20.6. The largest absolute Gasteiger partial charge is 0.497 e. The zero-order valence-electron chi connectivity index (χ0n) is 15.8. The molecule has 0 aliphatic heterocycles.